The molecular weight excluding hydrogens is 843 g/mol. The molecule has 0 spiro atoms. The van der Waals surface area contributed by atoms with E-state index in [-0.39, 0.29) is 86.8 Å². The summed E-state index contributed by atoms with van der Waals surface area (Å²) in [5.74, 6) is -9.41. The number of aliphatic hydroxyl groups excluding tert-OH is 1. The van der Waals surface area contributed by atoms with E-state index in [4.69, 9.17) is 17.2 Å². The highest BCUT2D eigenvalue weighted by molar-refractivity contribution is 6.06. The van der Waals surface area contributed by atoms with Gasteiger partial charge in [-0.05, 0) is 68.6 Å². The zero-order valence-electron chi connectivity index (χ0n) is 34.8. The molecule has 24 heteroatoms. The second-order valence-electron chi connectivity index (χ2n) is 16.3. The third-order valence-corrected chi connectivity index (χ3v) is 12.1. The molecule has 4 aliphatic carbocycles. The van der Waals surface area contributed by atoms with Gasteiger partial charge in [-0.1, -0.05) is 24.3 Å². The lowest BCUT2D eigenvalue weighted by Gasteiger charge is -2.51. The van der Waals surface area contributed by atoms with E-state index in [2.05, 4.69) is 55.9 Å². The first-order valence-electron chi connectivity index (χ1n) is 21.0. The van der Waals surface area contributed by atoms with Crippen molar-refractivity contribution in [2.24, 2.45) is 57.7 Å². The van der Waals surface area contributed by atoms with Gasteiger partial charge in [0, 0.05) is 19.6 Å². The maximum absolute atomic E-state index is 13.3. The van der Waals surface area contributed by atoms with Gasteiger partial charge in [0.1, 0.15) is 37.3 Å². The van der Waals surface area contributed by atoms with Crippen molar-refractivity contribution in [3.8, 4) is 0 Å². The van der Waals surface area contributed by atoms with Crippen LogP contribution in [0.15, 0.2) is 29.3 Å². The van der Waals surface area contributed by atoms with Crippen LogP contribution in [0.2, 0.25) is 0 Å². The molecule has 6 aliphatic rings. The molecule has 1 saturated carbocycles. The summed E-state index contributed by atoms with van der Waals surface area (Å²) < 4.78 is 0. The Bertz CT molecular complexity index is 1910. The van der Waals surface area contributed by atoms with Crippen molar-refractivity contribution in [1.82, 2.24) is 36.4 Å². The Labute approximate surface area is 367 Å². The molecule has 2 heterocycles. The second kappa shape index (κ2) is 21.8. The van der Waals surface area contributed by atoms with Crippen LogP contribution in [0.1, 0.15) is 51.4 Å². The number of carbonyl (C=O) groups is 10. The average Bonchev–Trinajstić information content (AvgIpc) is 3.83. The Morgan fingerprint density at radius 1 is 0.750 bits per heavy atom. The van der Waals surface area contributed by atoms with Crippen LogP contribution in [0.25, 0.3) is 0 Å². The molecule has 348 valence electrons. The van der Waals surface area contributed by atoms with Gasteiger partial charge < -0.3 is 64.0 Å². The maximum atomic E-state index is 13.3. The Balaban J connectivity index is 1.06. The van der Waals surface area contributed by atoms with Crippen LogP contribution in [-0.4, -0.2) is 147 Å². The topological polar surface area (TPSA) is 388 Å². The number of aliphatic hydroxyl groups is 1. The average molecular weight is 898 g/mol. The third-order valence-electron chi connectivity index (χ3n) is 12.1. The molecular formula is C40H55N11O13. The Hall–Kier alpha value is -6.43. The maximum Gasteiger partial charge on any atom is 0.326 e. The molecule has 0 aromatic rings. The van der Waals surface area contributed by atoms with Gasteiger partial charge in [-0.3, -0.25) is 53.0 Å². The number of carboxylic acids is 2. The van der Waals surface area contributed by atoms with Crippen LogP contribution < -0.4 is 43.8 Å². The summed E-state index contributed by atoms with van der Waals surface area (Å²) in [7, 11) is 0. The number of carbonyl (C=O) groups excluding carboxylic acids is 8. The van der Waals surface area contributed by atoms with E-state index >= 15 is 0 Å². The number of hydrogen-bond donors (Lipinski definition) is 11. The summed E-state index contributed by atoms with van der Waals surface area (Å²) in [4.78, 5) is 133. The van der Waals surface area contributed by atoms with Crippen LogP contribution in [0.4, 0.5) is 0 Å². The summed E-state index contributed by atoms with van der Waals surface area (Å²) in [6.07, 6.45) is 8.89. The van der Waals surface area contributed by atoms with Crippen LogP contribution in [-0.2, 0) is 47.9 Å². The number of rotatable bonds is 24. The summed E-state index contributed by atoms with van der Waals surface area (Å²) in [5, 5.41) is 39.6. The zero-order chi connectivity index (χ0) is 46.8. The molecule has 14 N–H and O–H groups in total. The molecule has 2 bridgehead atoms. The number of unbranched alkanes of at least 4 members (excludes halogenated alkanes) is 1. The first-order chi connectivity index (χ1) is 30.4. The summed E-state index contributed by atoms with van der Waals surface area (Å²) in [6, 6.07) is -7.12. The van der Waals surface area contributed by atoms with Crippen molar-refractivity contribution in [2.45, 2.75) is 81.6 Å². The molecule has 8 unspecified atom stereocenters. The van der Waals surface area contributed by atoms with Gasteiger partial charge in [-0.15, -0.1) is 0 Å². The lowest BCUT2D eigenvalue weighted by Crippen LogP contribution is -2.57. The Morgan fingerprint density at radius 2 is 1.33 bits per heavy atom. The number of imide groups is 1. The van der Waals surface area contributed by atoms with E-state index in [0.29, 0.717) is 37.6 Å². The van der Waals surface area contributed by atoms with Gasteiger partial charge >= 0.3 is 11.9 Å². The quantitative estimate of drug-likeness (QED) is 0.0143. The molecule has 2 radical (unpaired) electrons. The van der Waals surface area contributed by atoms with Crippen LogP contribution in [0.5, 0.6) is 0 Å². The minimum Gasteiger partial charge on any atom is -0.481 e. The van der Waals surface area contributed by atoms with E-state index in [9.17, 15) is 63.3 Å². The SMILES string of the molecule is NC(N)=NCCCC(NC(=O)[CH]NC(=O)[C@@H](N)CCCCN1C(=O)C2C3C=CC(C4C=C[C@H]43)[C@@H]2C1=O)C(=O)N[CH]C(=O)NC(CC(=O)O)C(=O)NC(CO)C(=O)N1CCCC1C(=O)O. The highest BCUT2D eigenvalue weighted by Gasteiger charge is 2.62. The van der Waals surface area contributed by atoms with Crippen LogP contribution in [0, 0.1) is 48.6 Å². The highest BCUT2D eigenvalue weighted by Crippen LogP contribution is 2.58. The van der Waals surface area contributed by atoms with Crippen molar-refractivity contribution < 1.29 is 63.3 Å². The lowest BCUT2D eigenvalue weighted by molar-refractivity contribution is -0.150. The molecule has 2 aliphatic heterocycles. The van der Waals surface area contributed by atoms with Crippen molar-refractivity contribution in [3.63, 3.8) is 0 Å². The number of allylic oxidation sites excluding steroid dienone is 4. The van der Waals surface area contributed by atoms with Gasteiger partial charge in [0.15, 0.2) is 5.96 Å². The van der Waals surface area contributed by atoms with Crippen LogP contribution >= 0.6 is 0 Å². The molecule has 2 saturated heterocycles. The minimum atomic E-state index is -1.84. The predicted octanol–water partition coefficient (Wildman–Crippen LogP) is -4.69. The lowest BCUT2D eigenvalue weighted by atomic mass is 9.50. The van der Waals surface area contributed by atoms with Crippen molar-refractivity contribution >= 4 is 65.2 Å². The van der Waals surface area contributed by atoms with Gasteiger partial charge in [-0.2, -0.15) is 0 Å². The monoisotopic (exact) mass is 897 g/mol. The number of nitrogens with zero attached hydrogens (tertiary/aromatic N) is 3. The Kier molecular flexibility index (Phi) is 16.5. The molecule has 6 rings (SSSR count). The van der Waals surface area contributed by atoms with Gasteiger partial charge in [0.2, 0.25) is 47.3 Å². The van der Waals surface area contributed by atoms with Gasteiger partial charge in [-0.25, -0.2) is 4.79 Å². The molecule has 0 aromatic carbocycles. The number of nitrogens with two attached hydrogens (primary N) is 3. The largest absolute Gasteiger partial charge is 0.481 e. The number of amides is 8. The molecule has 8 amide bonds. The normalized spacial score (nSPS) is 25.4. The van der Waals surface area contributed by atoms with Crippen molar-refractivity contribution in [2.75, 3.05) is 26.2 Å². The van der Waals surface area contributed by atoms with Crippen molar-refractivity contribution in [1.29, 1.82) is 0 Å². The van der Waals surface area contributed by atoms with E-state index < -0.39 is 90.6 Å². The number of likely N-dealkylation sites (tertiary alicyclic amines) is 2. The number of nitrogens with one attached hydrogen (secondary N) is 5. The number of aliphatic carboxylic acids is 2. The fourth-order valence-corrected chi connectivity index (χ4v) is 8.95. The minimum absolute atomic E-state index is 0.0240. The summed E-state index contributed by atoms with van der Waals surface area (Å²) in [6.45, 7) is 0.594. The number of hydrogen-bond acceptors (Lipinski definition) is 13. The second-order valence-corrected chi connectivity index (χ2v) is 16.3. The summed E-state index contributed by atoms with van der Waals surface area (Å²) >= 11 is 0. The van der Waals surface area contributed by atoms with E-state index in [1.165, 1.54) is 4.90 Å². The first-order valence-corrected chi connectivity index (χ1v) is 21.0. The molecule has 24 nitrogen and oxygen atoms in total. The molecule has 3 fully saturated rings. The predicted molar refractivity (Wildman–Crippen MR) is 220 cm³/mol. The first kappa shape index (κ1) is 48.6. The summed E-state index contributed by atoms with van der Waals surface area (Å²) in [5.41, 5.74) is 16.8. The zero-order valence-corrected chi connectivity index (χ0v) is 34.8. The number of aliphatic imine (C=N–C) groups is 1. The van der Waals surface area contributed by atoms with E-state index in [1.807, 2.05) is 0 Å². The standard InChI is InChI=1S/C40H55N11O13/c41-23(5-1-2-13-51-37(61)31-21-10-11-22(32(31)38(51)62)20-9-8-19(20)21)33(57)45-16-28(53)47-24(6-3-12-44-40(42)43)34(58)46-17-29(54)48-25(15-30(55)56)35(59)49-26(18-52)36(60)50-14-4-7-27(50)39(63)64/h8-11,16-17,19-27,31-32,52H,1-7,12-15,18,41H2,(H,45,57)(H,46,58)(H,47,53)(H,48,54)(H,49,59)(H,55,56)(H,63,64)(H4,42,43,44)/t19-,20?,21?,22?,23+,24?,25?,26?,27?,31?,32+/m1/s1. The Morgan fingerprint density at radius 3 is 1.88 bits per heavy atom. The smallest absolute Gasteiger partial charge is 0.326 e. The number of carboxylic acid groups (broad SMARTS) is 2. The van der Waals surface area contributed by atoms with Gasteiger partial charge in [0.05, 0.1) is 30.9 Å². The highest BCUT2D eigenvalue weighted by atomic mass is 16.4. The fourth-order valence-electron chi connectivity index (χ4n) is 8.95. The fraction of sp³-hybridized carbons (Fsp3) is 0.575. The molecule has 0 aromatic heterocycles. The van der Waals surface area contributed by atoms with E-state index in [0.717, 1.165) is 11.4 Å². The number of guanidine groups is 1. The molecule has 64 heavy (non-hydrogen) atoms. The van der Waals surface area contributed by atoms with Crippen LogP contribution in [0.3, 0.4) is 0 Å². The van der Waals surface area contributed by atoms with E-state index in [1.54, 1.807) is 0 Å². The van der Waals surface area contributed by atoms with Gasteiger partial charge in [0.25, 0.3) is 0 Å². The third kappa shape index (κ3) is 11.6. The molecule has 11 atom stereocenters. The van der Waals surface area contributed by atoms with Crippen molar-refractivity contribution in [3.05, 3.63) is 37.4 Å².